The largest absolute Gasteiger partial charge is 0.480 e. The molecular formula is C13H11Cl2N3O2. The average molecular weight is 312 g/mol. The van der Waals surface area contributed by atoms with E-state index in [0.717, 1.165) is 17.0 Å². The number of hydrogen-bond donors (Lipinski definition) is 3. The monoisotopic (exact) mass is 311 g/mol. The van der Waals surface area contributed by atoms with E-state index in [-0.39, 0.29) is 6.04 Å². The van der Waals surface area contributed by atoms with Crippen LogP contribution in [-0.2, 0) is 11.2 Å². The highest BCUT2D eigenvalue weighted by Gasteiger charge is 2.33. The van der Waals surface area contributed by atoms with E-state index in [1.165, 1.54) is 0 Å². The maximum absolute atomic E-state index is 11.2. The molecule has 5 nitrogen and oxygen atoms in total. The molecule has 2 atom stereocenters. The highest BCUT2D eigenvalue weighted by molar-refractivity contribution is 6.42. The topological polar surface area (TPSA) is 78.0 Å². The van der Waals surface area contributed by atoms with Crippen LogP contribution in [0, 0.1) is 0 Å². The second-order valence-electron chi connectivity index (χ2n) is 4.63. The van der Waals surface area contributed by atoms with E-state index in [2.05, 4.69) is 15.3 Å². The van der Waals surface area contributed by atoms with E-state index in [1.807, 2.05) is 6.07 Å². The van der Waals surface area contributed by atoms with E-state index < -0.39 is 12.0 Å². The van der Waals surface area contributed by atoms with Crippen molar-refractivity contribution in [3.63, 3.8) is 0 Å². The lowest BCUT2D eigenvalue weighted by atomic mass is 9.94. The van der Waals surface area contributed by atoms with Gasteiger partial charge in [0.25, 0.3) is 0 Å². The van der Waals surface area contributed by atoms with E-state index in [4.69, 9.17) is 23.2 Å². The van der Waals surface area contributed by atoms with Gasteiger partial charge in [0.15, 0.2) is 0 Å². The molecule has 104 valence electrons. The minimum atomic E-state index is -0.893. The van der Waals surface area contributed by atoms with Crippen LogP contribution in [0.4, 0.5) is 0 Å². The van der Waals surface area contributed by atoms with Gasteiger partial charge in [-0.15, -0.1) is 0 Å². The van der Waals surface area contributed by atoms with Crippen molar-refractivity contribution in [3.05, 3.63) is 51.5 Å². The Hall–Kier alpha value is -1.56. The molecular weight excluding hydrogens is 301 g/mol. The number of carbonyl (C=O) groups is 1. The Morgan fingerprint density at radius 2 is 2.15 bits per heavy atom. The number of aromatic amines is 1. The summed E-state index contributed by atoms with van der Waals surface area (Å²) < 4.78 is 0. The van der Waals surface area contributed by atoms with Gasteiger partial charge >= 0.3 is 5.97 Å². The van der Waals surface area contributed by atoms with Crippen molar-refractivity contribution >= 4 is 29.2 Å². The van der Waals surface area contributed by atoms with Crippen molar-refractivity contribution in [2.75, 3.05) is 0 Å². The second-order valence-corrected chi connectivity index (χ2v) is 5.45. The summed E-state index contributed by atoms with van der Waals surface area (Å²) in [5.74, 6) is -0.893. The number of halogens is 2. The summed E-state index contributed by atoms with van der Waals surface area (Å²) in [5.41, 5.74) is 2.45. The Kier molecular flexibility index (Phi) is 3.41. The number of imidazole rings is 1. The molecule has 2 aromatic rings. The summed E-state index contributed by atoms with van der Waals surface area (Å²) in [6.07, 6.45) is 1.95. The molecule has 0 saturated carbocycles. The first-order chi connectivity index (χ1) is 9.56. The summed E-state index contributed by atoms with van der Waals surface area (Å²) in [5, 5.41) is 13.2. The molecule has 0 bridgehead atoms. The van der Waals surface area contributed by atoms with Crippen LogP contribution in [-0.4, -0.2) is 27.1 Å². The zero-order valence-electron chi connectivity index (χ0n) is 10.2. The Morgan fingerprint density at radius 3 is 2.85 bits per heavy atom. The van der Waals surface area contributed by atoms with Crippen LogP contribution in [0.25, 0.3) is 0 Å². The van der Waals surface area contributed by atoms with Crippen molar-refractivity contribution in [1.29, 1.82) is 0 Å². The molecule has 2 heterocycles. The third-order valence-corrected chi connectivity index (χ3v) is 4.12. The minimum absolute atomic E-state index is 0.319. The molecule has 0 spiro atoms. The number of H-pyrrole nitrogens is 1. The zero-order valence-corrected chi connectivity index (χ0v) is 11.7. The number of aromatic nitrogens is 2. The summed E-state index contributed by atoms with van der Waals surface area (Å²) in [6, 6.07) is 4.25. The summed E-state index contributed by atoms with van der Waals surface area (Å²) in [4.78, 5) is 18.5. The minimum Gasteiger partial charge on any atom is -0.480 e. The van der Waals surface area contributed by atoms with Gasteiger partial charge < -0.3 is 10.1 Å². The number of carboxylic acids is 1. The predicted molar refractivity (Wildman–Crippen MR) is 75.2 cm³/mol. The van der Waals surface area contributed by atoms with Crippen molar-refractivity contribution < 1.29 is 9.90 Å². The third-order valence-electron chi connectivity index (χ3n) is 3.38. The number of rotatable bonds is 2. The second kappa shape index (κ2) is 5.09. The fourth-order valence-corrected chi connectivity index (χ4v) is 2.70. The lowest BCUT2D eigenvalue weighted by molar-refractivity contribution is -0.139. The van der Waals surface area contributed by atoms with Gasteiger partial charge in [-0.2, -0.15) is 0 Å². The molecule has 1 aromatic heterocycles. The molecule has 3 rings (SSSR count). The van der Waals surface area contributed by atoms with Gasteiger partial charge in [-0.25, -0.2) is 4.98 Å². The van der Waals surface area contributed by atoms with Crippen LogP contribution >= 0.6 is 23.2 Å². The number of carboxylic acid groups (broad SMARTS) is 1. The molecule has 0 amide bonds. The van der Waals surface area contributed by atoms with Crippen LogP contribution in [0.15, 0.2) is 24.5 Å². The Morgan fingerprint density at radius 1 is 1.35 bits per heavy atom. The molecule has 1 aliphatic rings. The van der Waals surface area contributed by atoms with E-state index >= 15 is 0 Å². The van der Waals surface area contributed by atoms with E-state index in [1.54, 1.807) is 18.5 Å². The third kappa shape index (κ3) is 2.28. The average Bonchev–Trinajstić information content (AvgIpc) is 2.89. The highest BCUT2D eigenvalue weighted by Crippen LogP contribution is 2.32. The normalized spacial score (nSPS) is 21.5. The smallest absolute Gasteiger partial charge is 0.321 e. The standard InChI is InChI=1S/C13H11Cl2N3O2/c14-7-2-1-6(3-8(7)15)11-12-9(16-5-17-12)4-10(18-11)13(19)20/h1-3,5,10-11,18H,4H2,(H,16,17)(H,19,20)/t10-,11-/m1/s1. The van der Waals surface area contributed by atoms with Crippen LogP contribution in [0.3, 0.4) is 0 Å². The quantitative estimate of drug-likeness (QED) is 0.796. The first-order valence-electron chi connectivity index (χ1n) is 6.02. The number of nitrogens with one attached hydrogen (secondary N) is 2. The van der Waals surface area contributed by atoms with Crippen LogP contribution in [0.5, 0.6) is 0 Å². The molecule has 20 heavy (non-hydrogen) atoms. The number of aliphatic carboxylic acids is 1. The lowest BCUT2D eigenvalue weighted by Crippen LogP contribution is -2.45. The maximum atomic E-state index is 11.2. The first-order valence-corrected chi connectivity index (χ1v) is 6.78. The number of nitrogens with zero attached hydrogens (tertiary/aromatic N) is 1. The zero-order chi connectivity index (χ0) is 14.3. The van der Waals surface area contributed by atoms with E-state index in [0.29, 0.717) is 16.5 Å². The highest BCUT2D eigenvalue weighted by atomic mass is 35.5. The fraction of sp³-hybridized carbons (Fsp3) is 0.231. The molecule has 0 aliphatic carbocycles. The molecule has 0 unspecified atom stereocenters. The number of hydrogen-bond acceptors (Lipinski definition) is 3. The molecule has 3 N–H and O–H groups in total. The van der Waals surface area contributed by atoms with Gasteiger partial charge in [-0.05, 0) is 17.7 Å². The van der Waals surface area contributed by atoms with Crippen molar-refractivity contribution in [3.8, 4) is 0 Å². The first kappa shape index (κ1) is 13.4. The predicted octanol–water partition coefficient (Wildman–Crippen LogP) is 2.40. The molecule has 1 aromatic carbocycles. The van der Waals surface area contributed by atoms with Gasteiger partial charge in [-0.1, -0.05) is 29.3 Å². The molecule has 0 saturated heterocycles. The lowest BCUT2D eigenvalue weighted by Gasteiger charge is -2.28. The molecule has 7 heteroatoms. The van der Waals surface area contributed by atoms with Crippen LogP contribution < -0.4 is 5.32 Å². The van der Waals surface area contributed by atoms with Gasteiger partial charge in [0.2, 0.25) is 0 Å². The summed E-state index contributed by atoms with van der Waals surface area (Å²) in [7, 11) is 0. The maximum Gasteiger partial charge on any atom is 0.321 e. The number of benzene rings is 1. The fourth-order valence-electron chi connectivity index (χ4n) is 2.39. The van der Waals surface area contributed by atoms with Crippen molar-refractivity contribution in [1.82, 2.24) is 15.3 Å². The van der Waals surface area contributed by atoms with Crippen molar-refractivity contribution in [2.45, 2.75) is 18.5 Å². The van der Waals surface area contributed by atoms with Crippen LogP contribution in [0.2, 0.25) is 10.0 Å². The van der Waals surface area contributed by atoms with Gasteiger partial charge in [0.05, 0.1) is 28.1 Å². The Labute approximate surface area is 124 Å². The van der Waals surface area contributed by atoms with Gasteiger partial charge in [0.1, 0.15) is 6.04 Å². The number of fused-ring (bicyclic) bond motifs is 1. The summed E-state index contributed by atoms with van der Waals surface area (Å²) in [6.45, 7) is 0. The SMILES string of the molecule is O=C(O)[C@H]1Cc2[nH]cnc2[C@@H](c2ccc(Cl)c(Cl)c2)N1. The summed E-state index contributed by atoms with van der Waals surface area (Å²) >= 11 is 11.9. The van der Waals surface area contributed by atoms with Gasteiger partial charge in [-0.3, -0.25) is 10.1 Å². The Bertz CT molecular complexity index is 671. The molecule has 1 aliphatic heterocycles. The molecule has 0 fully saturated rings. The van der Waals surface area contributed by atoms with Crippen molar-refractivity contribution in [2.24, 2.45) is 0 Å². The van der Waals surface area contributed by atoms with Crippen LogP contribution in [0.1, 0.15) is 23.0 Å². The molecule has 0 radical (unpaired) electrons. The van der Waals surface area contributed by atoms with Gasteiger partial charge in [0, 0.05) is 12.1 Å². The van der Waals surface area contributed by atoms with E-state index in [9.17, 15) is 9.90 Å². The Balaban J connectivity index is 2.03.